The van der Waals surface area contributed by atoms with Crippen LogP contribution in [0, 0.1) is 11.8 Å². The maximum Gasteiger partial charge on any atom is 0.271 e. The van der Waals surface area contributed by atoms with Crippen LogP contribution in [0.15, 0.2) is 36.5 Å². The van der Waals surface area contributed by atoms with Crippen molar-refractivity contribution in [1.82, 2.24) is 25.4 Å². The summed E-state index contributed by atoms with van der Waals surface area (Å²) in [7, 11) is 1.55. The highest BCUT2D eigenvalue weighted by atomic mass is 16.5. The molecule has 1 aliphatic heterocycles. The number of aromatic nitrogens is 3. The summed E-state index contributed by atoms with van der Waals surface area (Å²) in [5.74, 6) is 0.279. The molecule has 0 bridgehead atoms. The minimum Gasteiger partial charge on any atom is -0.381 e. The van der Waals surface area contributed by atoms with Crippen LogP contribution in [0.3, 0.4) is 0 Å². The molecular formula is C21H23N5O3. The van der Waals surface area contributed by atoms with Crippen LogP contribution in [-0.2, 0) is 4.74 Å². The van der Waals surface area contributed by atoms with Crippen molar-refractivity contribution in [2.24, 2.45) is 11.8 Å². The van der Waals surface area contributed by atoms with Crippen molar-refractivity contribution in [3.05, 3.63) is 53.5 Å². The van der Waals surface area contributed by atoms with Gasteiger partial charge in [-0.3, -0.25) is 14.3 Å². The number of nitrogens with zero attached hydrogens (tertiary/aromatic N) is 2. The molecule has 3 heterocycles. The molecule has 29 heavy (non-hydrogen) atoms. The van der Waals surface area contributed by atoms with Gasteiger partial charge < -0.3 is 20.4 Å². The van der Waals surface area contributed by atoms with Crippen LogP contribution in [0.25, 0.3) is 10.9 Å². The molecule has 0 unspecified atom stereocenters. The number of benzene rings is 1. The number of aromatic amines is 1. The van der Waals surface area contributed by atoms with Crippen LogP contribution in [0.5, 0.6) is 0 Å². The average molecular weight is 393 g/mol. The van der Waals surface area contributed by atoms with Crippen molar-refractivity contribution < 1.29 is 14.3 Å². The van der Waals surface area contributed by atoms with E-state index in [-0.39, 0.29) is 29.6 Å². The molecule has 1 saturated carbocycles. The third-order valence-electron chi connectivity index (χ3n) is 6.12. The standard InChI is InChI=1S/C21H23N5O3/c1-11(12-4-3-5-16-13(12)6-7-23-16)26-18(8-17(25-26)20(27)22-2)21(28)24-19-14-9-29-10-15(14)19/h3-8,11,14-15,19,23H,9-10H2,1-2H3,(H,22,27)(H,24,28)/t11-,14-,15+,19+/m0/s1. The largest absolute Gasteiger partial charge is 0.381 e. The van der Waals surface area contributed by atoms with Gasteiger partial charge in [0.25, 0.3) is 11.8 Å². The van der Waals surface area contributed by atoms with Gasteiger partial charge in [-0.2, -0.15) is 5.10 Å². The topological polar surface area (TPSA) is 101 Å². The first-order valence-corrected chi connectivity index (χ1v) is 9.84. The van der Waals surface area contributed by atoms with E-state index in [9.17, 15) is 9.59 Å². The minimum absolute atomic E-state index is 0.145. The molecule has 2 aromatic heterocycles. The van der Waals surface area contributed by atoms with E-state index >= 15 is 0 Å². The molecule has 3 N–H and O–H groups in total. The third kappa shape index (κ3) is 2.91. The average Bonchev–Trinajstić information content (AvgIpc) is 3.27. The smallest absolute Gasteiger partial charge is 0.271 e. The van der Waals surface area contributed by atoms with Gasteiger partial charge in [0.05, 0.1) is 19.3 Å². The van der Waals surface area contributed by atoms with Crippen molar-refractivity contribution in [3.8, 4) is 0 Å². The summed E-state index contributed by atoms with van der Waals surface area (Å²) in [5, 5.41) is 11.2. The fourth-order valence-corrected chi connectivity index (χ4v) is 4.38. The zero-order valence-corrected chi connectivity index (χ0v) is 16.3. The lowest BCUT2D eigenvalue weighted by atomic mass is 10.0. The second-order valence-corrected chi connectivity index (χ2v) is 7.77. The molecule has 3 aromatic rings. The van der Waals surface area contributed by atoms with E-state index in [1.807, 2.05) is 37.4 Å². The minimum atomic E-state index is -0.318. The van der Waals surface area contributed by atoms with E-state index in [0.717, 1.165) is 16.5 Å². The molecule has 2 amide bonds. The van der Waals surface area contributed by atoms with Gasteiger partial charge in [-0.15, -0.1) is 0 Å². The van der Waals surface area contributed by atoms with Crippen molar-refractivity contribution in [1.29, 1.82) is 0 Å². The molecule has 0 radical (unpaired) electrons. The molecule has 5 rings (SSSR count). The number of fused-ring (bicyclic) bond motifs is 2. The first kappa shape index (κ1) is 17.9. The predicted molar refractivity (Wildman–Crippen MR) is 107 cm³/mol. The van der Waals surface area contributed by atoms with Gasteiger partial charge in [-0.1, -0.05) is 12.1 Å². The molecule has 8 heteroatoms. The Bertz CT molecular complexity index is 1090. The zero-order valence-electron chi connectivity index (χ0n) is 16.3. The van der Waals surface area contributed by atoms with Gasteiger partial charge in [-0.05, 0) is 24.6 Å². The highest BCUT2D eigenvalue weighted by Crippen LogP contribution is 2.44. The van der Waals surface area contributed by atoms with Crippen molar-refractivity contribution in [2.45, 2.75) is 19.0 Å². The SMILES string of the molecule is CNC(=O)c1cc(C(=O)N[C@H]2[C@@H]3COC[C@@H]32)n([C@@H](C)c2cccc3[nH]ccc23)n1. The van der Waals surface area contributed by atoms with Gasteiger partial charge in [0.15, 0.2) is 5.69 Å². The van der Waals surface area contributed by atoms with Crippen LogP contribution < -0.4 is 10.6 Å². The van der Waals surface area contributed by atoms with Crippen LogP contribution in [-0.4, -0.2) is 52.9 Å². The lowest BCUT2D eigenvalue weighted by Crippen LogP contribution is -2.32. The number of hydrogen-bond acceptors (Lipinski definition) is 4. The first-order valence-electron chi connectivity index (χ1n) is 9.84. The van der Waals surface area contributed by atoms with E-state index < -0.39 is 0 Å². The highest BCUT2D eigenvalue weighted by Gasteiger charge is 2.55. The monoisotopic (exact) mass is 393 g/mol. The maximum atomic E-state index is 13.1. The summed E-state index contributed by atoms with van der Waals surface area (Å²) >= 11 is 0. The highest BCUT2D eigenvalue weighted by molar-refractivity contribution is 5.98. The summed E-state index contributed by atoms with van der Waals surface area (Å²) in [6, 6.07) is 9.49. The molecule has 1 aromatic carbocycles. The van der Waals surface area contributed by atoms with E-state index in [1.54, 1.807) is 17.8 Å². The van der Waals surface area contributed by atoms with Gasteiger partial charge in [0, 0.05) is 48.1 Å². The molecule has 1 saturated heterocycles. The zero-order chi connectivity index (χ0) is 20.1. The quantitative estimate of drug-likeness (QED) is 0.614. The first-order chi connectivity index (χ1) is 14.1. The van der Waals surface area contributed by atoms with E-state index in [1.165, 1.54) is 0 Å². The van der Waals surface area contributed by atoms with E-state index in [4.69, 9.17) is 4.74 Å². The van der Waals surface area contributed by atoms with E-state index in [0.29, 0.717) is 30.7 Å². The molecule has 8 nitrogen and oxygen atoms in total. The van der Waals surface area contributed by atoms with Crippen LogP contribution in [0.1, 0.15) is 39.5 Å². The number of carbonyl (C=O) groups is 2. The molecule has 2 fully saturated rings. The number of nitrogens with one attached hydrogen (secondary N) is 3. The Hall–Kier alpha value is -3.13. The van der Waals surface area contributed by atoms with Gasteiger partial charge in [0.2, 0.25) is 0 Å². The molecule has 150 valence electrons. The summed E-state index contributed by atoms with van der Waals surface area (Å²) in [6.45, 7) is 3.38. The van der Waals surface area contributed by atoms with E-state index in [2.05, 4.69) is 20.7 Å². The summed E-state index contributed by atoms with van der Waals surface area (Å²) < 4.78 is 7.05. The number of hydrogen-bond donors (Lipinski definition) is 3. The molecule has 0 spiro atoms. The molecule has 4 atom stereocenters. The van der Waals surface area contributed by atoms with Gasteiger partial charge in [0.1, 0.15) is 5.69 Å². The summed E-state index contributed by atoms with van der Waals surface area (Å²) in [6.07, 6.45) is 1.89. The van der Waals surface area contributed by atoms with Crippen LogP contribution in [0.4, 0.5) is 0 Å². The van der Waals surface area contributed by atoms with Crippen molar-refractivity contribution >= 4 is 22.7 Å². The fourth-order valence-electron chi connectivity index (χ4n) is 4.38. The Morgan fingerprint density at radius 2 is 2.03 bits per heavy atom. The molecule has 2 aliphatic rings. The Labute approximate surface area is 167 Å². The lowest BCUT2D eigenvalue weighted by Gasteiger charge is -2.17. The van der Waals surface area contributed by atoms with Crippen LogP contribution in [0.2, 0.25) is 0 Å². The van der Waals surface area contributed by atoms with Crippen molar-refractivity contribution in [2.75, 3.05) is 20.3 Å². The van der Waals surface area contributed by atoms with Crippen LogP contribution >= 0.6 is 0 Å². The second kappa shape index (κ2) is 6.73. The molecule has 1 aliphatic carbocycles. The number of carbonyl (C=O) groups excluding carboxylic acids is 2. The lowest BCUT2D eigenvalue weighted by molar-refractivity contribution is 0.0915. The van der Waals surface area contributed by atoms with Gasteiger partial charge in [-0.25, -0.2) is 0 Å². The Morgan fingerprint density at radius 3 is 2.79 bits per heavy atom. The Kier molecular flexibility index (Phi) is 4.16. The third-order valence-corrected chi connectivity index (χ3v) is 6.12. The van der Waals surface area contributed by atoms with Gasteiger partial charge >= 0.3 is 0 Å². The maximum absolute atomic E-state index is 13.1. The Morgan fingerprint density at radius 1 is 1.24 bits per heavy atom. The number of ether oxygens (including phenoxy) is 1. The predicted octanol–water partition coefficient (Wildman–Crippen LogP) is 1.71. The number of rotatable bonds is 5. The molecular weight excluding hydrogens is 370 g/mol. The summed E-state index contributed by atoms with van der Waals surface area (Å²) in [4.78, 5) is 28.5. The fraction of sp³-hybridized carbons (Fsp3) is 0.381. The number of H-pyrrole nitrogens is 1. The normalized spacial score (nSPS) is 23.6. The second-order valence-electron chi connectivity index (χ2n) is 7.77. The van der Waals surface area contributed by atoms with Crippen molar-refractivity contribution in [3.63, 3.8) is 0 Å². The summed E-state index contributed by atoms with van der Waals surface area (Å²) in [5.41, 5.74) is 2.66. The Balaban J connectivity index is 1.50. The number of amides is 2.